The molecule has 0 aliphatic carbocycles. The first-order valence-corrected chi connectivity index (χ1v) is 9.19. The van der Waals surface area contributed by atoms with Crippen LogP contribution in [0.1, 0.15) is 27.4 Å². The second-order valence-electron chi connectivity index (χ2n) is 6.61. The van der Waals surface area contributed by atoms with Crippen LogP contribution in [0.5, 0.6) is 11.6 Å². The number of ether oxygens (including phenoxy) is 1. The number of aromatic amines is 2. The number of H-pyrrole nitrogens is 2. The first-order valence-electron chi connectivity index (χ1n) is 8.79. The van der Waals surface area contributed by atoms with Crippen molar-refractivity contribution in [3.8, 4) is 11.6 Å². The Labute approximate surface area is 164 Å². The maximum absolute atomic E-state index is 13.6. The Balaban J connectivity index is 1.86. The lowest BCUT2D eigenvalue weighted by Gasteiger charge is -2.27. The Bertz CT molecular complexity index is 1360. The normalized spacial score (nSPS) is 14.8. The number of Topliss-reactive ketones (excluding diaryl/α,β-unsaturated/α-hetero) is 1. The molecule has 2 heterocycles. The van der Waals surface area contributed by atoms with Crippen molar-refractivity contribution in [2.75, 3.05) is 0 Å². The van der Waals surface area contributed by atoms with E-state index >= 15 is 0 Å². The van der Waals surface area contributed by atoms with Gasteiger partial charge in [0.15, 0.2) is 10.6 Å². The quantitative estimate of drug-likeness (QED) is 0.387. The maximum atomic E-state index is 13.6. The molecule has 0 radical (unpaired) electrons. The van der Waals surface area contributed by atoms with Crippen LogP contribution in [0.3, 0.4) is 0 Å². The fraction of sp³-hybridized carbons (Fsp3) is 0.0455. The molecule has 4 aromatic rings. The fourth-order valence-electron chi connectivity index (χ4n) is 3.77. The highest BCUT2D eigenvalue weighted by molar-refractivity contribution is 7.71. The van der Waals surface area contributed by atoms with Crippen molar-refractivity contribution in [2.24, 2.45) is 0 Å². The minimum absolute atomic E-state index is 0.152. The molecule has 136 valence electrons. The first-order chi connectivity index (χ1) is 13.6. The Morgan fingerprint density at radius 2 is 1.64 bits per heavy atom. The molecule has 1 atom stereocenters. The highest BCUT2D eigenvalue weighted by Crippen LogP contribution is 2.46. The third kappa shape index (κ3) is 2.50. The summed E-state index contributed by atoms with van der Waals surface area (Å²) in [5.74, 6) is -0.218. The number of ketones is 1. The largest absolute Gasteiger partial charge is 0.440 e. The highest BCUT2D eigenvalue weighted by Gasteiger charge is 2.37. The van der Waals surface area contributed by atoms with Crippen LogP contribution >= 0.6 is 12.2 Å². The number of aromatic nitrogens is 2. The van der Waals surface area contributed by atoms with Crippen molar-refractivity contribution >= 4 is 28.8 Å². The molecule has 0 saturated heterocycles. The van der Waals surface area contributed by atoms with Gasteiger partial charge in [0.1, 0.15) is 5.75 Å². The lowest BCUT2D eigenvalue weighted by molar-refractivity contribution is 0.0969. The lowest BCUT2D eigenvalue weighted by atomic mass is 9.81. The van der Waals surface area contributed by atoms with E-state index in [9.17, 15) is 9.59 Å². The molecule has 0 saturated carbocycles. The van der Waals surface area contributed by atoms with Gasteiger partial charge in [-0.2, -0.15) is 0 Å². The molecule has 0 fully saturated rings. The Hall–Kier alpha value is -3.51. The number of benzene rings is 3. The number of hydrogen-bond acceptors (Lipinski definition) is 4. The van der Waals surface area contributed by atoms with Crippen LogP contribution in [-0.4, -0.2) is 15.8 Å². The topological polar surface area (TPSA) is 75.0 Å². The number of rotatable bonds is 2. The second kappa shape index (κ2) is 6.28. The van der Waals surface area contributed by atoms with Gasteiger partial charge in [0, 0.05) is 11.1 Å². The van der Waals surface area contributed by atoms with Gasteiger partial charge in [0.05, 0.1) is 11.5 Å². The second-order valence-corrected chi connectivity index (χ2v) is 7.02. The summed E-state index contributed by atoms with van der Waals surface area (Å²) in [6, 6.07) is 20.5. The molecular formula is C22H14N2O3S. The number of carbonyl (C=O) groups excluding carboxylic acids is 1. The Kier molecular flexibility index (Phi) is 3.74. The van der Waals surface area contributed by atoms with E-state index in [2.05, 4.69) is 9.97 Å². The summed E-state index contributed by atoms with van der Waals surface area (Å²) in [6.45, 7) is 0. The summed E-state index contributed by atoms with van der Waals surface area (Å²) in [5.41, 5.74) is 1.04. The zero-order valence-electron chi connectivity index (χ0n) is 14.6. The van der Waals surface area contributed by atoms with Gasteiger partial charge in [-0.05, 0) is 29.1 Å². The number of carbonyl (C=O) groups is 1. The van der Waals surface area contributed by atoms with E-state index in [4.69, 9.17) is 17.0 Å². The van der Waals surface area contributed by atoms with Gasteiger partial charge in [-0.15, -0.1) is 0 Å². The monoisotopic (exact) mass is 386 g/mol. The molecule has 6 heteroatoms. The van der Waals surface area contributed by atoms with Gasteiger partial charge < -0.3 is 9.72 Å². The fourth-order valence-corrected chi connectivity index (χ4v) is 3.95. The molecular weight excluding hydrogens is 372 g/mol. The van der Waals surface area contributed by atoms with Crippen LogP contribution in [0, 0.1) is 4.77 Å². The van der Waals surface area contributed by atoms with Gasteiger partial charge in [-0.25, -0.2) is 0 Å². The van der Waals surface area contributed by atoms with Crippen molar-refractivity contribution in [3.63, 3.8) is 0 Å². The van der Waals surface area contributed by atoms with Gasteiger partial charge in [0.2, 0.25) is 5.88 Å². The molecule has 0 amide bonds. The molecule has 3 aromatic carbocycles. The van der Waals surface area contributed by atoms with E-state index in [1.54, 1.807) is 24.3 Å². The van der Waals surface area contributed by atoms with Crippen molar-refractivity contribution in [3.05, 3.63) is 98.5 Å². The molecule has 5 rings (SSSR count). The zero-order valence-corrected chi connectivity index (χ0v) is 15.4. The SMILES string of the molecule is O=C(c1ccccc1)C1c2c([nH]c(=S)[nH]c2=O)Oc2ccc3ccccc3c21. The zero-order chi connectivity index (χ0) is 19.3. The maximum Gasteiger partial charge on any atom is 0.259 e. The van der Waals surface area contributed by atoms with Crippen LogP contribution in [0.2, 0.25) is 0 Å². The molecule has 28 heavy (non-hydrogen) atoms. The van der Waals surface area contributed by atoms with Crippen molar-refractivity contribution < 1.29 is 9.53 Å². The van der Waals surface area contributed by atoms with E-state index in [0.717, 1.165) is 10.8 Å². The molecule has 5 nitrogen and oxygen atoms in total. The van der Waals surface area contributed by atoms with Gasteiger partial charge in [-0.3, -0.25) is 14.6 Å². The molecule has 1 aromatic heterocycles. The summed E-state index contributed by atoms with van der Waals surface area (Å²) < 4.78 is 6.12. The van der Waals surface area contributed by atoms with E-state index in [-0.39, 0.29) is 22.0 Å². The predicted octanol–water partition coefficient (Wildman–Crippen LogP) is 4.71. The van der Waals surface area contributed by atoms with E-state index in [1.807, 2.05) is 42.5 Å². The minimum Gasteiger partial charge on any atom is -0.440 e. The highest BCUT2D eigenvalue weighted by atomic mass is 32.1. The predicted molar refractivity (Wildman–Crippen MR) is 109 cm³/mol. The average molecular weight is 386 g/mol. The number of nitrogens with one attached hydrogen (secondary N) is 2. The van der Waals surface area contributed by atoms with Gasteiger partial charge >= 0.3 is 0 Å². The van der Waals surface area contributed by atoms with E-state index in [1.165, 1.54) is 0 Å². The Morgan fingerprint density at radius 3 is 2.46 bits per heavy atom. The summed E-state index contributed by atoms with van der Waals surface area (Å²) in [5, 5.41) is 1.85. The standard InChI is InChI=1S/C22H14N2O3S/c25-19(13-7-2-1-3-8-13)17-16-14-9-5-4-6-12(14)10-11-15(16)27-21-18(17)20(26)23-22(28)24-21/h1-11,17H,(H2,23,24,26,28). The van der Waals surface area contributed by atoms with Gasteiger partial charge in [-0.1, -0.05) is 60.7 Å². The molecule has 0 bridgehead atoms. The average Bonchev–Trinajstić information content (AvgIpc) is 2.72. The molecule has 2 N–H and O–H groups in total. The number of hydrogen-bond donors (Lipinski definition) is 2. The van der Waals surface area contributed by atoms with Crippen molar-refractivity contribution in [1.82, 2.24) is 9.97 Å². The van der Waals surface area contributed by atoms with Crippen LogP contribution in [0.15, 0.2) is 71.5 Å². The molecule has 1 aliphatic rings. The summed E-state index contributed by atoms with van der Waals surface area (Å²) in [4.78, 5) is 31.8. The van der Waals surface area contributed by atoms with Gasteiger partial charge in [0.25, 0.3) is 5.56 Å². The Morgan fingerprint density at radius 1 is 0.893 bits per heavy atom. The smallest absolute Gasteiger partial charge is 0.259 e. The van der Waals surface area contributed by atoms with Crippen LogP contribution in [0.25, 0.3) is 10.8 Å². The van der Waals surface area contributed by atoms with E-state index < -0.39 is 11.5 Å². The van der Waals surface area contributed by atoms with Crippen molar-refractivity contribution in [2.45, 2.75) is 5.92 Å². The molecule has 0 spiro atoms. The lowest BCUT2D eigenvalue weighted by Crippen LogP contribution is -2.28. The summed E-state index contributed by atoms with van der Waals surface area (Å²) in [6.07, 6.45) is 0. The minimum atomic E-state index is -0.803. The first kappa shape index (κ1) is 16.6. The summed E-state index contributed by atoms with van der Waals surface area (Å²) in [7, 11) is 0. The molecule has 1 unspecified atom stereocenters. The summed E-state index contributed by atoms with van der Waals surface area (Å²) >= 11 is 5.08. The number of fused-ring (bicyclic) bond motifs is 4. The van der Waals surface area contributed by atoms with E-state index in [0.29, 0.717) is 16.9 Å². The third-order valence-corrected chi connectivity index (χ3v) is 5.19. The molecule has 1 aliphatic heterocycles. The van der Waals surface area contributed by atoms with Crippen LogP contribution in [0.4, 0.5) is 0 Å². The van der Waals surface area contributed by atoms with Crippen LogP contribution < -0.4 is 10.3 Å². The van der Waals surface area contributed by atoms with Crippen LogP contribution in [-0.2, 0) is 0 Å². The van der Waals surface area contributed by atoms with Crippen molar-refractivity contribution in [1.29, 1.82) is 0 Å². The third-order valence-electron chi connectivity index (χ3n) is 4.98.